The van der Waals surface area contributed by atoms with Crippen LogP contribution in [-0.2, 0) is 0 Å². The molecular weight excluding hydrogens is 334 g/mol. The van der Waals surface area contributed by atoms with E-state index in [1.54, 1.807) is 24.3 Å². The Morgan fingerprint density at radius 1 is 1.00 bits per heavy atom. The molecule has 1 heterocycles. The topological polar surface area (TPSA) is 30.7 Å². The van der Waals surface area contributed by atoms with Crippen molar-refractivity contribution in [3.05, 3.63) is 84.2 Å². The molecule has 3 rings (SSSR count). The first-order chi connectivity index (χ1) is 11.9. The molecular formula is C18H13F4N3. The largest absolute Gasteiger partial charge is 0.399 e. The number of nitrogens with zero attached hydrogens (tertiary/aromatic N) is 3. The normalized spacial score (nSPS) is 13.3. The molecule has 0 fully saturated rings. The SMILES string of the molecule is Fc1ccccc1C(/C=C/c1ccc(-n2cncn2)cc1)C(F)(F)F. The quantitative estimate of drug-likeness (QED) is 0.637. The van der Waals surface area contributed by atoms with E-state index in [-0.39, 0.29) is 0 Å². The van der Waals surface area contributed by atoms with Crippen molar-refractivity contribution in [2.45, 2.75) is 12.1 Å². The van der Waals surface area contributed by atoms with Gasteiger partial charge in [-0.15, -0.1) is 0 Å². The van der Waals surface area contributed by atoms with Crippen molar-refractivity contribution in [1.82, 2.24) is 14.8 Å². The summed E-state index contributed by atoms with van der Waals surface area (Å²) < 4.78 is 55.2. The van der Waals surface area contributed by atoms with Crippen molar-refractivity contribution in [2.75, 3.05) is 0 Å². The molecule has 0 bridgehead atoms. The van der Waals surface area contributed by atoms with Gasteiger partial charge in [-0.05, 0) is 23.8 Å². The molecule has 25 heavy (non-hydrogen) atoms. The summed E-state index contributed by atoms with van der Waals surface area (Å²) in [5, 5.41) is 3.97. The summed E-state index contributed by atoms with van der Waals surface area (Å²) in [6, 6.07) is 11.6. The lowest BCUT2D eigenvalue weighted by atomic mass is 9.96. The van der Waals surface area contributed by atoms with E-state index in [9.17, 15) is 17.6 Å². The Morgan fingerprint density at radius 2 is 1.72 bits per heavy atom. The van der Waals surface area contributed by atoms with Crippen LogP contribution in [0.3, 0.4) is 0 Å². The van der Waals surface area contributed by atoms with Crippen LogP contribution < -0.4 is 0 Å². The second kappa shape index (κ2) is 6.88. The predicted molar refractivity (Wildman–Crippen MR) is 85.6 cm³/mol. The van der Waals surface area contributed by atoms with Gasteiger partial charge in [-0.3, -0.25) is 0 Å². The fourth-order valence-electron chi connectivity index (χ4n) is 2.40. The number of halogens is 4. The van der Waals surface area contributed by atoms with Crippen LogP contribution in [0.5, 0.6) is 0 Å². The molecule has 0 saturated heterocycles. The van der Waals surface area contributed by atoms with E-state index in [4.69, 9.17) is 0 Å². The summed E-state index contributed by atoms with van der Waals surface area (Å²) in [6.07, 6.45) is 0.608. The maximum atomic E-state index is 13.8. The molecule has 1 unspecified atom stereocenters. The van der Waals surface area contributed by atoms with E-state index in [2.05, 4.69) is 10.1 Å². The molecule has 3 aromatic rings. The van der Waals surface area contributed by atoms with Gasteiger partial charge < -0.3 is 0 Å². The smallest absolute Gasteiger partial charge is 0.223 e. The summed E-state index contributed by atoms with van der Waals surface area (Å²) in [5.41, 5.74) is 0.899. The van der Waals surface area contributed by atoms with E-state index in [1.165, 1.54) is 35.5 Å². The minimum atomic E-state index is -4.58. The van der Waals surface area contributed by atoms with Crippen LogP contribution in [-0.4, -0.2) is 20.9 Å². The van der Waals surface area contributed by atoms with Gasteiger partial charge in [0.05, 0.1) is 5.69 Å². The standard InChI is InChI=1S/C18H13F4N3/c19-17-4-2-1-3-15(17)16(18(20,21)22)10-7-13-5-8-14(9-6-13)25-12-23-11-24-25/h1-12,16H/b10-7+. The minimum Gasteiger partial charge on any atom is -0.223 e. The molecule has 0 aliphatic carbocycles. The highest BCUT2D eigenvalue weighted by Crippen LogP contribution is 2.37. The average molecular weight is 347 g/mol. The third-order valence-corrected chi connectivity index (χ3v) is 3.65. The minimum absolute atomic E-state index is 0.398. The van der Waals surface area contributed by atoms with Crippen LogP contribution in [0.4, 0.5) is 17.6 Å². The molecule has 0 N–H and O–H groups in total. The molecule has 0 spiro atoms. The zero-order valence-electron chi connectivity index (χ0n) is 12.9. The Kier molecular flexibility index (Phi) is 4.65. The van der Waals surface area contributed by atoms with Crippen LogP contribution in [0.25, 0.3) is 11.8 Å². The van der Waals surface area contributed by atoms with Gasteiger partial charge in [-0.1, -0.05) is 42.5 Å². The van der Waals surface area contributed by atoms with E-state index < -0.39 is 23.5 Å². The van der Waals surface area contributed by atoms with Gasteiger partial charge in [-0.2, -0.15) is 18.3 Å². The van der Waals surface area contributed by atoms with Crippen LogP contribution >= 0.6 is 0 Å². The lowest BCUT2D eigenvalue weighted by Gasteiger charge is -2.17. The molecule has 3 nitrogen and oxygen atoms in total. The highest BCUT2D eigenvalue weighted by Gasteiger charge is 2.40. The van der Waals surface area contributed by atoms with E-state index in [0.717, 1.165) is 23.9 Å². The highest BCUT2D eigenvalue weighted by molar-refractivity contribution is 5.53. The molecule has 0 amide bonds. The Labute approximate surface area is 141 Å². The zero-order chi connectivity index (χ0) is 17.9. The third-order valence-electron chi connectivity index (χ3n) is 3.65. The number of allylic oxidation sites excluding steroid dienone is 1. The molecule has 0 saturated carbocycles. The second-order valence-electron chi connectivity index (χ2n) is 5.33. The van der Waals surface area contributed by atoms with Gasteiger partial charge in [0, 0.05) is 5.56 Å². The summed E-state index contributed by atoms with van der Waals surface area (Å²) in [5.74, 6) is -2.89. The average Bonchev–Trinajstić information content (AvgIpc) is 3.10. The number of hydrogen-bond donors (Lipinski definition) is 0. The van der Waals surface area contributed by atoms with Gasteiger partial charge in [0.2, 0.25) is 0 Å². The molecule has 2 aromatic carbocycles. The number of benzene rings is 2. The van der Waals surface area contributed by atoms with Gasteiger partial charge in [0.15, 0.2) is 0 Å². The van der Waals surface area contributed by atoms with Crippen LogP contribution in [0.15, 0.2) is 67.3 Å². The molecule has 0 aliphatic rings. The van der Waals surface area contributed by atoms with Crippen LogP contribution in [0.1, 0.15) is 17.0 Å². The van der Waals surface area contributed by atoms with E-state index >= 15 is 0 Å². The number of aromatic nitrogens is 3. The van der Waals surface area contributed by atoms with Crippen LogP contribution in [0.2, 0.25) is 0 Å². The Morgan fingerprint density at radius 3 is 2.32 bits per heavy atom. The van der Waals surface area contributed by atoms with Crippen molar-refractivity contribution in [3.63, 3.8) is 0 Å². The first-order valence-electron chi connectivity index (χ1n) is 7.39. The number of hydrogen-bond acceptors (Lipinski definition) is 2. The maximum absolute atomic E-state index is 13.8. The molecule has 1 atom stereocenters. The number of alkyl halides is 3. The van der Waals surface area contributed by atoms with Gasteiger partial charge in [-0.25, -0.2) is 14.1 Å². The van der Waals surface area contributed by atoms with E-state index in [0.29, 0.717) is 5.56 Å². The van der Waals surface area contributed by atoms with Crippen molar-refractivity contribution in [2.24, 2.45) is 0 Å². The first kappa shape index (κ1) is 16.9. The fraction of sp³-hybridized carbons (Fsp3) is 0.111. The monoisotopic (exact) mass is 347 g/mol. The Hall–Kier alpha value is -2.96. The van der Waals surface area contributed by atoms with Crippen molar-refractivity contribution >= 4 is 6.08 Å². The molecule has 0 radical (unpaired) electrons. The summed E-state index contributed by atoms with van der Waals surface area (Å²) >= 11 is 0. The van der Waals surface area contributed by atoms with Gasteiger partial charge in [0.1, 0.15) is 24.4 Å². The van der Waals surface area contributed by atoms with Crippen molar-refractivity contribution in [3.8, 4) is 5.69 Å². The number of rotatable bonds is 4. The van der Waals surface area contributed by atoms with E-state index in [1.807, 2.05) is 0 Å². The van der Waals surface area contributed by atoms with Crippen molar-refractivity contribution in [1.29, 1.82) is 0 Å². The lowest BCUT2D eigenvalue weighted by molar-refractivity contribution is -0.139. The molecule has 0 aliphatic heterocycles. The van der Waals surface area contributed by atoms with Gasteiger partial charge in [0.25, 0.3) is 0 Å². The zero-order valence-corrected chi connectivity index (χ0v) is 12.9. The second-order valence-corrected chi connectivity index (χ2v) is 5.33. The lowest BCUT2D eigenvalue weighted by Crippen LogP contribution is -2.20. The Balaban J connectivity index is 1.86. The first-order valence-corrected chi connectivity index (χ1v) is 7.39. The van der Waals surface area contributed by atoms with Crippen LogP contribution in [0, 0.1) is 5.82 Å². The summed E-state index contributed by atoms with van der Waals surface area (Å²) in [4.78, 5) is 3.83. The molecule has 1 aromatic heterocycles. The molecule has 7 heteroatoms. The Bertz CT molecular complexity index is 853. The van der Waals surface area contributed by atoms with Gasteiger partial charge >= 0.3 is 6.18 Å². The highest BCUT2D eigenvalue weighted by atomic mass is 19.4. The fourth-order valence-corrected chi connectivity index (χ4v) is 2.40. The maximum Gasteiger partial charge on any atom is 0.399 e. The summed E-state index contributed by atoms with van der Waals surface area (Å²) in [7, 11) is 0. The predicted octanol–water partition coefficient (Wildman–Crippen LogP) is 4.77. The molecule has 128 valence electrons. The third kappa shape index (κ3) is 3.93. The summed E-state index contributed by atoms with van der Waals surface area (Å²) in [6.45, 7) is 0. The van der Waals surface area contributed by atoms with Crippen molar-refractivity contribution < 1.29 is 17.6 Å².